The summed E-state index contributed by atoms with van der Waals surface area (Å²) in [4.78, 5) is 31.7. The van der Waals surface area contributed by atoms with Crippen LogP contribution in [-0.2, 0) is 19.9 Å². The monoisotopic (exact) mass is 395 g/mol. The first-order valence-corrected chi connectivity index (χ1v) is 11.2. The van der Waals surface area contributed by atoms with E-state index in [-0.39, 0.29) is 23.3 Å². The van der Waals surface area contributed by atoms with Gasteiger partial charge in [-0.05, 0) is 57.6 Å². The molecule has 2 spiro atoms. The van der Waals surface area contributed by atoms with Crippen LogP contribution in [0, 0.1) is 5.92 Å². The highest BCUT2D eigenvalue weighted by Crippen LogP contribution is 2.55. The number of rotatable bonds is 1. The summed E-state index contributed by atoms with van der Waals surface area (Å²) in [5, 5.41) is 3.10. The van der Waals surface area contributed by atoms with Crippen molar-refractivity contribution < 1.29 is 14.3 Å². The second kappa shape index (κ2) is 6.29. The standard InChI is InChI=1S/C23H29N3O3/c27-20(25-12-9-22(10-13-25)8-4-14-29-22)18-15-16-5-3-11-26(16)23(18)17-6-1-2-7-19(17)24-21(23)28/h1-2,6-7,16,18H,3-5,8-15H2,(H,24,28)/t16-,18+,23+/m1/s1. The molecule has 2 amide bonds. The van der Waals surface area contributed by atoms with Crippen LogP contribution in [0.1, 0.15) is 50.5 Å². The summed E-state index contributed by atoms with van der Waals surface area (Å²) in [6.45, 7) is 3.25. The molecule has 6 heteroatoms. The van der Waals surface area contributed by atoms with E-state index in [0.717, 1.165) is 82.4 Å². The number of nitrogens with zero attached hydrogens (tertiary/aromatic N) is 2. The lowest BCUT2D eigenvalue weighted by molar-refractivity contribution is -0.148. The fourth-order valence-corrected chi connectivity index (χ4v) is 6.87. The van der Waals surface area contributed by atoms with Gasteiger partial charge in [0.15, 0.2) is 0 Å². The molecule has 0 aliphatic carbocycles. The van der Waals surface area contributed by atoms with Crippen molar-refractivity contribution in [3.63, 3.8) is 0 Å². The molecule has 29 heavy (non-hydrogen) atoms. The van der Waals surface area contributed by atoms with E-state index in [9.17, 15) is 9.59 Å². The van der Waals surface area contributed by atoms with Crippen LogP contribution in [-0.4, -0.2) is 59.5 Å². The largest absolute Gasteiger partial charge is 0.375 e. The average molecular weight is 396 g/mol. The molecule has 6 nitrogen and oxygen atoms in total. The fourth-order valence-electron chi connectivity index (χ4n) is 6.87. The van der Waals surface area contributed by atoms with Crippen molar-refractivity contribution >= 4 is 17.5 Å². The highest BCUT2D eigenvalue weighted by Gasteiger charge is 2.66. The van der Waals surface area contributed by atoms with Gasteiger partial charge in [0.25, 0.3) is 0 Å². The van der Waals surface area contributed by atoms with Gasteiger partial charge in [0.2, 0.25) is 11.8 Å². The van der Waals surface area contributed by atoms with E-state index in [1.807, 2.05) is 29.2 Å². The van der Waals surface area contributed by atoms with Crippen molar-refractivity contribution in [1.82, 2.24) is 9.80 Å². The Hall–Kier alpha value is -1.92. The molecule has 5 aliphatic rings. The Morgan fingerprint density at radius 2 is 1.93 bits per heavy atom. The molecule has 1 aromatic carbocycles. The second-order valence-corrected chi connectivity index (χ2v) is 9.50. The van der Waals surface area contributed by atoms with Crippen molar-refractivity contribution in [2.75, 3.05) is 31.6 Å². The summed E-state index contributed by atoms with van der Waals surface area (Å²) in [6, 6.07) is 8.29. The number of likely N-dealkylation sites (tertiary alicyclic amines) is 1. The first-order valence-electron chi connectivity index (χ1n) is 11.2. The maximum Gasteiger partial charge on any atom is 0.250 e. The zero-order valence-electron chi connectivity index (χ0n) is 16.9. The molecular weight excluding hydrogens is 366 g/mol. The van der Waals surface area contributed by atoms with E-state index in [1.165, 1.54) is 0 Å². The first-order chi connectivity index (χ1) is 14.1. The number of carbonyl (C=O) groups is 2. The number of ether oxygens (including phenoxy) is 1. The van der Waals surface area contributed by atoms with Gasteiger partial charge in [-0.2, -0.15) is 0 Å². The molecule has 3 atom stereocenters. The normalized spacial score (nSPS) is 35.3. The van der Waals surface area contributed by atoms with Gasteiger partial charge in [-0.25, -0.2) is 0 Å². The number of para-hydroxylation sites is 1. The zero-order chi connectivity index (χ0) is 19.6. The van der Waals surface area contributed by atoms with Crippen LogP contribution in [0.25, 0.3) is 0 Å². The fraction of sp³-hybridized carbons (Fsp3) is 0.652. The molecule has 154 valence electrons. The predicted octanol–water partition coefficient (Wildman–Crippen LogP) is 2.49. The van der Waals surface area contributed by atoms with Crippen LogP contribution < -0.4 is 5.32 Å². The molecule has 0 radical (unpaired) electrons. The smallest absolute Gasteiger partial charge is 0.250 e. The molecule has 4 saturated heterocycles. The number of nitrogens with one attached hydrogen (secondary N) is 1. The number of hydrogen-bond acceptors (Lipinski definition) is 4. The van der Waals surface area contributed by atoms with Gasteiger partial charge in [0.1, 0.15) is 5.54 Å². The Morgan fingerprint density at radius 3 is 2.72 bits per heavy atom. The highest BCUT2D eigenvalue weighted by atomic mass is 16.5. The van der Waals surface area contributed by atoms with Gasteiger partial charge in [-0.15, -0.1) is 0 Å². The van der Waals surface area contributed by atoms with Crippen molar-refractivity contribution in [2.45, 2.75) is 62.1 Å². The van der Waals surface area contributed by atoms with Gasteiger partial charge in [-0.1, -0.05) is 18.2 Å². The summed E-state index contributed by atoms with van der Waals surface area (Å²) >= 11 is 0. The number of piperidine rings is 1. The molecular formula is C23H29N3O3. The van der Waals surface area contributed by atoms with Crippen LogP contribution in [0.3, 0.4) is 0 Å². The molecule has 0 unspecified atom stereocenters. The number of benzene rings is 1. The Bertz CT molecular complexity index is 855. The second-order valence-electron chi connectivity index (χ2n) is 9.50. The minimum Gasteiger partial charge on any atom is -0.375 e. The topological polar surface area (TPSA) is 61.9 Å². The average Bonchev–Trinajstić information content (AvgIpc) is 3.48. The van der Waals surface area contributed by atoms with Gasteiger partial charge >= 0.3 is 0 Å². The third kappa shape index (κ3) is 2.36. The zero-order valence-corrected chi connectivity index (χ0v) is 16.9. The number of carbonyl (C=O) groups excluding carboxylic acids is 2. The predicted molar refractivity (Wildman–Crippen MR) is 108 cm³/mol. The van der Waals surface area contributed by atoms with Gasteiger partial charge in [0, 0.05) is 37.0 Å². The van der Waals surface area contributed by atoms with E-state index in [4.69, 9.17) is 4.74 Å². The van der Waals surface area contributed by atoms with Crippen molar-refractivity contribution in [3.05, 3.63) is 29.8 Å². The van der Waals surface area contributed by atoms with E-state index >= 15 is 0 Å². The molecule has 0 aromatic heterocycles. The lowest BCUT2D eigenvalue weighted by atomic mass is 9.77. The summed E-state index contributed by atoms with van der Waals surface area (Å²) < 4.78 is 6.04. The summed E-state index contributed by atoms with van der Waals surface area (Å²) in [5.74, 6) is -0.136. The highest BCUT2D eigenvalue weighted by molar-refractivity contribution is 6.09. The number of amides is 2. The molecule has 1 aromatic rings. The molecule has 4 fully saturated rings. The van der Waals surface area contributed by atoms with Crippen LogP contribution >= 0.6 is 0 Å². The van der Waals surface area contributed by atoms with Gasteiger partial charge in [0.05, 0.1) is 11.5 Å². The van der Waals surface area contributed by atoms with Crippen molar-refractivity contribution in [1.29, 1.82) is 0 Å². The third-order valence-electron chi connectivity index (χ3n) is 8.24. The first kappa shape index (κ1) is 17.9. The van der Waals surface area contributed by atoms with E-state index < -0.39 is 5.54 Å². The van der Waals surface area contributed by atoms with E-state index in [0.29, 0.717) is 6.04 Å². The summed E-state index contributed by atoms with van der Waals surface area (Å²) in [5.41, 5.74) is 1.05. The van der Waals surface area contributed by atoms with E-state index in [2.05, 4.69) is 10.2 Å². The minimum absolute atomic E-state index is 0.00147. The Kier molecular flexibility index (Phi) is 3.88. The molecule has 0 saturated carbocycles. The maximum absolute atomic E-state index is 13.8. The Labute approximate surface area is 171 Å². The van der Waals surface area contributed by atoms with Crippen LogP contribution in [0.5, 0.6) is 0 Å². The maximum atomic E-state index is 13.8. The Balaban J connectivity index is 1.34. The van der Waals surface area contributed by atoms with Crippen molar-refractivity contribution in [3.8, 4) is 0 Å². The minimum atomic E-state index is -0.826. The van der Waals surface area contributed by atoms with Crippen LogP contribution in [0.15, 0.2) is 24.3 Å². The molecule has 1 N–H and O–H groups in total. The Morgan fingerprint density at radius 1 is 1.10 bits per heavy atom. The SMILES string of the molecule is O=C([C@@H]1C[C@H]2CCCN2[C@]12C(=O)Nc1ccccc12)N1CCC2(CCCO2)CC1. The lowest BCUT2D eigenvalue weighted by Gasteiger charge is -2.42. The van der Waals surface area contributed by atoms with E-state index in [1.54, 1.807) is 0 Å². The molecule has 0 bridgehead atoms. The number of fused-ring (bicyclic) bond motifs is 4. The molecule has 5 heterocycles. The quantitative estimate of drug-likeness (QED) is 0.794. The summed E-state index contributed by atoms with van der Waals surface area (Å²) in [6.07, 6.45) is 7.08. The number of hydrogen-bond donors (Lipinski definition) is 1. The van der Waals surface area contributed by atoms with Crippen LogP contribution in [0.4, 0.5) is 5.69 Å². The van der Waals surface area contributed by atoms with Gasteiger partial charge < -0.3 is 15.0 Å². The summed E-state index contributed by atoms with van der Waals surface area (Å²) in [7, 11) is 0. The molecule has 6 rings (SSSR count). The van der Waals surface area contributed by atoms with Crippen molar-refractivity contribution in [2.24, 2.45) is 5.92 Å². The molecule has 5 aliphatic heterocycles. The third-order valence-corrected chi connectivity index (χ3v) is 8.24. The number of anilines is 1. The van der Waals surface area contributed by atoms with Crippen LogP contribution in [0.2, 0.25) is 0 Å². The lowest BCUT2D eigenvalue weighted by Crippen LogP contribution is -2.56. The van der Waals surface area contributed by atoms with Gasteiger partial charge in [-0.3, -0.25) is 14.5 Å².